The molecular formula is C19H18O3S. The third-order valence-corrected chi connectivity index (χ3v) is 5.00. The summed E-state index contributed by atoms with van der Waals surface area (Å²) in [5, 5.41) is 1.88. The van der Waals surface area contributed by atoms with Crippen LogP contribution in [0.1, 0.15) is 34.5 Å². The number of ketones is 1. The van der Waals surface area contributed by atoms with Crippen molar-refractivity contribution in [3.05, 3.63) is 69.9 Å². The molecule has 3 nitrogen and oxygen atoms in total. The number of thiophene rings is 1. The first-order chi connectivity index (χ1) is 11.2. The number of Topliss-reactive ketones (excluding diaryl/α,β-unsaturated/α-hetero) is 1. The fourth-order valence-corrected chi connectivity index (χ4v) is 3.79. The third kappa shape index (κ3) is 3.13. The van der Waals surface area contributed by atoms with Crippen molar-refractivity contribution >= 4 is 23.1 Å². The fraction of sp³-hybridized carbons (Fsp3) is 0.263. The van der Waals surface area contributed by atoms with Crippen LogP contribution in [0.3, 0.4) is 0 Å². The average molecular weight is 326 g/mol. The van der Waals surface area contributed by atoms with E-state index in [1.807, 2.05) is 53.9 Å². The monoisotopic (exact) mass is 326 g/mol. The maximum atomic E-state index is 13.0. The van der Waals surface area contributed by atoms with Gasteiger partial charge in [0.25, 0.3) is 0 Å². The topological polar surface area (TPSA) is 43.4 Å². The Kier molecular flexibility index (Phi) is 4.72. The molecule has 0 aliphatic heterocycles. The Labute approximate surface area is 139 Å². The number of carbonyl (C=O) groups excluding carboxylic acids is 2. The van der Waals surface area contributed by atoms with Gasteiger partial charge in [0.2, 0.25) is 0 Å². The summed E-state index contributed by atoms with van der Waals surface area (Å²) in [5.41, 5.74) is 1.58. The first kappa shape index (κ1) is 15.7. The van der Waals surface area contributed by atoms with Gasteiger partial charge in [-0.15, -0.1) is 11.3 Å². The Morgan fingerprint density at radius 1 is 1.17 bits per heavy atom. The standard InChI is InChI=1S/C19H18O3S/c1-2-22-19(21)15-11-10-14(13-7-4-3-5-8-13)17(15)18(20)16-9-6-12-23-16/h3-9,11-12,14,17H,2,10H2,1H3/t14-,17-/m0/s1. The molecule has 0 fully saturated rings. The summed E-state index contributed by atoms with van der Waals surface area (Å²) >= 11 is 1.41. The molecule has 1 aliphatic rings. The molecule has 2 atom stereocenters. The minimum atomic E-state index is -0.463. The number of allylic oxidation sites excluding steroid dienone is 1. The van der Waals surface area contributed by atoms with E-state index in [1.54, 1.807) is 6.92 Å². The minimum absolute atomic E-state index is 0.00524. The van der Waals surface area contributed by atoms with Crippen molar-refractivity contribution in [1.82, 2.24) is 0 Å². The van der Waals surface area contributed by atoms with Crippen LogP contribution in [0.5, 0.6) is 0 Å². The highest BCUT2D eigenvalue weighted by Crippen LogP contribution is 2.42. The summed E-state index contributed by atoms with van der Waals surface area (Å²) in [6, 6.07) is 13.6. The summed E-state index contributed by atoms with van der Waals surface area (Å²) in [6.45, 7) is 2.09. The van der Waals surface area contributed by atoms with Crippen molar-refractivity contribution in [2.75, 3.05) is 6.61 Å². The molecule has 23 heavy (non-hydrogen) atoms. The van der Waals surface area contributed by atoms with Crippen LogP contribution in [0.15, 0.2) is 59.5 Å². The van der Waals surface area contributed by atoms with Crippen LogP contribution in [0.2, 0.25) is 0 Å². The molecular weight excluding hydrogens is 308 g/mol. The van der Waals surface area contributed by atoms with Gasteiger partial charge >= 0.3 is 5.97 Å². The normalized spacial score (nSPS) is 20.1. The second-order valence-electron chi connectivity index (χ2n) is 5.45. The minimum Gasteiger partial charge on any atom is -0.463 e. The van der Waals surface area contributed by atoms with Crippen molar-refractivity contribution in [1.29, 1.82) is 0 Å². The lowest BCUT2D eigenvalue weighted by Crippen LogP contribution is -2.25. The highest BCUT2D eigenvalue weighted by Gasteiger charge is 2.40. The Balaban J connectivity index is 1.96. The Morgan fingerprint density at radius 2 is 1.96 bits per heavy atom. The van der Waals surface area contributed by atoms with Crippen LogP contribution in [0.25, 0.3) is 0 Å². The van der Waals surface area contributed by atoms with Gasteiger partial charge in [-0.05, 0) is 30.4 Å². The molecule has 0 spiro atoms. The molecule has 0 bridgehead atoms. The van der Waals surface area contributed by atoms with E-state index < -0.39 is 5.92 Å². The number of ether oxygens (including phenoxy) is 1. The zero-order valence-electron chi connectivity index (χ0n) is 12.9. The molecule has 0 amide bonds. The molecule has 118 valence electrons. The van der Waals surface area contributed by atoms with Gasteiger partial charge in [-0.2, -0.15) is 0 Å². The Hall–Kier alpha value is -2.20. The smallest absolute Gasteiger partial charge is 0.334 e. The Bertz CT molecular complexity index is 716. The van der Waals surface area contributed by atoms with Crippen LogP contribution in [0.4, 0.5) is 0 Å². The van der Waals surface area contributed by atoms with Gasteiger partial charge in [0.1, 0.15) is 0 Å². The summed E-state index contributed by atoms with van der Waals surface area (Å²) < 4.78 is 5.15. The average Bonchev–Trinajstić information content (AvgIpc) is 3.25. The predicted molar refractivity (Wildman–Crippen MR) is 90.7 cm³/mol. The van der Waals surface area contributed by atoms with E-state index in [1.165, 1.54) is 11.3 Å². The van der Waals surface area contributed by atoms with Gasteiger partial charge in [-0.1, -0.05) is 42.5 Å². The van der Waals surface area contributed by atoms with E-state index in [9.17, 15) is 9.59 Å². The van der Waals surface area contributed by atoms with Crippen molar-refractivity contribution in [3.8, 4) is 0 Å². The van der Waals surface area contributed by atoms with Gasteiger partial charge in [-0.3, -0.25) is 4.79 Å². The molecule has 3 rings (SSSR count). The highest BCUT2D eigenvalue weighted by atomic mass is 32.1. The zero-order valence-corrected chi connectivity index (χ0v) is 13.7. The lowest BCUT2D eigenvalue weighted by molar-refractivity contribution is -0.138. The maximum Gasteiger partial charge on any atom is 0.334 e. The molecule has 0 radical (unpaired) electrons. The van der Waals surface area contributed by atoms with E-state index in [-0.39, 0.29) is 17.7 Å². The van der Waals surface area contributed by atoms with Crippen molar-refractivity contribution in [2.45, 2.75) is 19.3 Å². The second-order valence-corrected chi connectivity index (χ2v) is 6.40. The molecule has 0 saturated heterocycles. The van der Waals surface area contributed by atoms with Gasteiger partial charge < -0.3 is 4.74 Å². The van der Waals surface area contributed by atoms with Gasteiger partial charge in [0, 0.05) is 11.5 Å². The molecule has 4 heteroatoms. The van der Waals surface area contributed by atoms with Gasteiger partial charge in [0.15, 0.2) is 5.78 Å². The first-order valence-electron chi connectivity index (χ1n) is 7.72. The van der Waals surface area contributed by atoms with Crippen LogP contribution in [-0.4, -0.2) is 18.4 Å². The summed E-state index contributed by atoms with van der Waals surface area (Å²) in [4.78, 5) is 25.9. The van der Waals surface area contributed by atoms with Crippen molar-refractivity contribution < 1.29 is 14.3 Å². The molecule has 2 aromatic rings. The summed E-state index contributed by atoms with van der Waals surface area (Å²) in [6.07, 6.45) is 2.55. The second kappa shape index (κ2) is 6.92. The number of benzene rings is 1. The molecule has 1 aromatic heterocycles. The number of carbonyl (C=O) groups is 2. The molecule has 1 heterocycles. The maximum absolute atomic E-state index is 13.0. The van der Waals surface area contributed by atoms with Crippen LogP contribution in [-0.2, 0) is 9.53 Å². The summed E-state index contributed by atoms with van der Waals surface area (Å²) in [7, 11) is 0. The number of esters is 1. The first-order valence-corrected chi connectivity index (χ1v) is 8.60. The predicted octanol–water partition coefficient (Wildman–Crippen LogP) is 4.22. The molecule has 1 aromatic carbocycles. The quantitative estimate of drug-likeness (QED) is 0.610. The third-order valence-electron chi connectivity index (χ3n) is 4.11. The lowest BCUT2D eigenvalue weighted by Gasteiger charge is -2.21. The van der Waals surface area contributed by atoms with Gasteiger partial charge in [0.05, 0.1) is 17.4 Å². The fourth-order valence-electron chi connectivity index (χ4n) is 3.08. The van der Waals surface area contributed by atoms with E-state index in [0.717, 1.165) is 5.56 Å². The largest absolute Gasteiger partial charge is 0.463 e. The molecule has 0 N–H and O–H groups in total. The SMILES string of the molecule is CCOC(=O)C1=CC[C@@H](c2ccccc2)[C@@H]1C(=O)c1cccs1. The van der Waals surface area contributed by atoms with Crippen molar-refractivity contribution in [2.24, 2.45) is 5.92 Å². The van der Waals surface area contributed by atoms with Crippen molar-refractivity contribution in [3.63, 3.8) is 0 Å². The molecule has 0 unspecified atom stereocenters. The number of hydrogen-bond acceptors (Lipinski definition) is 4. The highest BCUT2D eigenvalue weighted by molar-refractivity contribution is 7.12. The van der Waals surface area contributed by atoms with Crippen LogP contribution < -0.4 is 0 Å². The van der Waals surface area contributed by atoms with E-state index >= 15 is 0 Å². The zero-order chi connectivity index (χ0) is 16.2. The number of hydrogen-bond donors (Lipinski definition) is 0. The Morgan fingerprint density at radius 3 is 2.61 bits per heavy atom. The molecule has 1 aliphatic carbocycles. The van der Waals surface area contributed by atoms with E-state index in [4.69, 9.17) is 4.74 Å². The van der Waals surface area contributed by atoms with Gasteiger partial charge in [-0.25, -0.2) is 4.79 Å². The van der Waals surface area contributed by atoms with E-state index in [0.29, 0.717) is 23.5 Å². The number of rotatable bonds is 5. The van der Waals surface area contributed by atoms with Crippen LogP contribution in [0, 0.1) is 5.92 Å². The summed E-state index contributed by atoms with van der Waals surface area (Å²) in [5.74, 6) is -0.841. The van der Waals surface area contributed by atoms with E-state index in [2.05, 4.69) is 0 Å². The molecule has 0 saturated carbocycles. The lowest BCUT2D eigenvalue weighted by atomic mass is 9.82. The van der Waals surface area contributed by atoms with Crippen LogP contribution >= 0.6 is 11.3 Å².